The molecule has 2 aromatic rings. The molecule has 2 rings (SSSR count). The Morgan fingerprint density at radius 1 is 1.33 bits per heavy atom. The average molecular weight is 327 g/mol. The van der Waals surface area contributed by atoms with Gasteiger partial charge in [-0.1, -0.05) is 30.8 Å². The van der Waals surface area contributed by atoms with Crippen molar-refractivity contribution >= 4 is 23.5 Å². The van der Waals surface area contributed by atoms with E-state index in [1.54, 1.807) is 0 Å². The van der Waals surface area contributed by atoms with Crippen LogP contribution in [0.5, 0.6) is 5.75 Å². The van der Waals surface area contributed by atoms with Gasteiger partial charge >= 0.3 is 0 Å². The summed E-state index contributed by atoms with van der Waals surface area (Å²) < 4.78 is 5.05. The quantitative estimate of drug-likeness (QED) is 0.338. The van der Waals surface area contributed by atoms with Crippen LogP contribution in [0.25, 0.3) is 6.08 Å². The van der Waals surface area contributed by atoms with Gasteiger partial charge in [0.05, 0.1) is 0 Å². The van der Waals surface area contributed by atoms with Gasteiger partial charge in [-0.2, -0.15) is 0 Å². The number of benzene rings is 1. The average Bonchev–Trinajstić information content (AvgIpc) is 2.92. The van der Waals surface area contributed by atoms with Crippen LogP contribution in [0, 0.1) is 5.41 Å². The number of anilines is 1. The number of carbonyl (C=O) groups is 1. The third-order valence-electron chi connectivity index (χ3n) is 3.63. The topological polar surface area (TPSA) is 112 Å². The fourth-order valence-electron chi connectivity index (χ4n) is 2.31. The minimum Gasteiger partial charge on any atom is -0.503 e. The van der Waals surface area contributed by atoms with Crippen molar-refractivity contribution in [1.82, 2.24) is 0 Å². The molecule has 0 spiro atoms. The first-order valence-corrected chi connectivity index (χ1v) is 7.67. The van der Waals surface area contributed by atoms with Crippen molar-refractivity contribution in [2.45, 2.75) is 25.7 Å². The zero-order valence-corrected chi connectivity index (χ0v) is 13.3. The first kappa shape index (κ1) is 17.3. The lowest BCUT2D eigenvalue weighted by molar-refractivity contribution is -0.116. The molecule has 0 radical (unpaired) electrons. The van der Waals surface area contributed by atoms with Gasteiger partial charge in [0.2, 0.25) is 5.91 Å². The first-order valence-electron chi connectivity index (χ1n) is 7.67. The highest BCUT2D eigenvalue weighted by atomic mass is 16.4. The molecule has 0 saturated carbocycles. The van der Waals surface area contributed by atoms with Crippen LogP contribution in [0.2, 0.25) is 0 Å². The van der Waals surface area contributed by atoms with E-state index >= 15 is 0 Å². The maximum Gasteiger partial charge on any atom is 0.224 e. The fourth-order valence-corrected chi connectivity index (χ4v) is 2.31. The number of nitrogens with one attached hydrogen (secondary N) is 2. The lowest BCUT2D eigenvalue weighted by Crippen LogP contribution is -2.11. The van der Waals surface area contributed by atoms with Gasteiger partial charge in [0, 0.05) is 12.0 Å². The summed E-state index contributed by atoms with van der Waals surface area (Å²) in [5.74, 6) is 0.108. The highest BCUT2D eigenvalue weighted by molar-refractivity contribution is 5.95. The number of hydrogen-bond donors (Lipinski definition) is 4. The standard InChI is InChI=1S/C18H21N3O3/c1-2-15-17(14(22)11-24-15)21-16(23)6-4-3-5-12-7-9-13(10-8-12)18(19)20/h2,7-11,22H,1,3-6H2,(H3,19,20)(H,21,23). The molecule has 0 aliphatic rings. The van der Waals surface area contributed by atoms with Crippen molar-refractivity contribution in [3.05, 3.63) is 54.0 Å². The SMILES string of the molecule is C=Cc1occ(O)c1NC(=O)CCCCc1ccc(C(=N)N)cc1. The van der Waals surface area contributed by atoms with Gasteiger partial charge in [0.15, 0.2) is 11.5 Å². The predicted octanol–water partition coefficient (Wildman–Crippen LogP) is 3.26. The Kier molecular flexibility index (Phi) is 5.78. The number of rotatable bonds is 8. The Bertz CT molecular complexity index is 732. The molecule has 0 bridgehead atoms. The third-order valence-corrected chi connectivity index (χ3v) is 3.63. The van der Waals surface area contributed by atoms with E-state index in [-0.39, 0.29) is 23.2 Å². The first-order chi connectivity index (χ1) is 11.5. The Morgan fingerprint density at radius 3 is 2.67 bits per heavy atom. The van der Waals surface area contributed by atoms with Crippen LogP contribution in [-0.4, -0.2) is 16.8 Å². The molecule has 126 valence electrons. The molecule has 0 atom stereocenters. The molecule has 1 aromatic carbocycles. The molecular weight excluding hydrogens is 306 g/mol. The van der Waals surface area contributed by atoms with Crippen LogP contribution in [0.15, 0.2) is 41.5 Å². The molecule has 1 aromatic heterocycles. The number of nitrogen functional groups attached to an aromatic ring is 1. The van der Waals surface area contributed by atoms with Crippen LogP contribution in [0.1, 0.15) is 36.1 Å². The molecule has 1 heterocycles. The molecule has 0 unspecified atom stereocenters. The van der Waals surface area contributed by atoms with Crippen LogP contribution in [-0.2, 0) is 11.2 Å². The van der Waals surface area contributed by atoms with Gasteiger partial charge < -0.3 is 20.6 Å². The van der Waals surface area contributed by atoms with Crippen molar-refractivity contribution in [3.8, 4) is 5.75 Å². The van der Waals surface area contributed by atoms with Crippen molar-refractivity contribution < 1.29 is 14.3 Å². The number of aryl methyl sites for hydroxylation is 1. The van der Waals surface area contributed by atoms with E-state index in [9.17, 15) is 9.90 Å². The molecule has 0 fully saturated rings. The van der Waals surface area contributed by atoms with Crippen molar-refractivity contribution in [1.29, 1.82) is 5.41 Å². The molecular formula is C18H21N3O3. The lowest BCUT2D eigenvalue weighted by atomic mass is 10.0. The minimum absolute atomic E-state index is 0.0552. The second-order valence-corrected chi connectivity index (χ2v) is 5.43. The van der Waals surface area contributed by atoms with Crippen LogP contribution in [0.4, 0.5) is 5.69 Å². The van der Waals surface area contributed by atoms with Crippen molar-refractivity contribution in [3.63, 3.8) is 0 Å². The van der Waals surface area contributed by atoms with Gasteiger partial charge in [0.1, 0.15) is 17.8 Å². The Labute approximate surface area is 140 Å². The molecule has 5 N–H and O–H groups in total. The maximum atomic E-state index is 11.9. The second-order valence-electron chi connectivity index (χ2n) is 5.43. The van der Waals surface area contributed by atoms with Gasteiger partial charge in [-0.25, -0.2) is 0 Å². The summed E-state index contributed by atoms with van der Waals surface area (Å²) in [4.78, 5) is 11.9. The Balaban J connectivity index is 1.75. The molecule has 6 heteroatoms. The van der Waals surface area contributed by atoms with Crippen LogP contribution in [0.3, 0.4) is 0 Å². The number of furan rings is 1. The van der Waals surface area contributed by atoms with Crippen molar-refractivity contribution in [2.24, 2.45) is 5.73 Å². The third kappa shape index (κ3) is 4.49. The van der Waals surface area contributed by atoms with E-state index in [4.69, 9.17) is 15.6 Å². The number of unbranched alkanes of at least 4 members (excludes halogenated alkanes) is 1. The summed E-state index contributed by atoms with van der Waals surface area (Å²) in [6.45, 7) is 3.56. The molecule has 24 heavy (non-hydrogen) atoms. The molecule has 0 aliphatic heterocycles. The monoisotopic (exact) mass is 327 g/mol. The number of hydrogen-bond acceptors (Lipinski definition) is 4. The Morgan fingerprint density at radius 2 is 2.04 bits per heavy atom. The Hall–Kier alpha value is -3.02. The van der Waals surface area contributed by atoms with E-state index in [1.165, 1.54) is 6.08 Å². The zero-order valence-electron chi connectivity index (χ0n) is 13.3. The lowest BCUT2D eigenvalue weighted by Gasteiger charge is -2.05. The van der Waals surface area contributed by atoms with E-state index < -0.39 is 0 Å². The van der Waals surface area contributed by atoms with Crippen LogP contribution < -0.4 is 11.1 Å². The number of amides is 1. The molecule has 1 amide bonds. The minimum atomic E-state index is -0.179. The van der Waals surface area contributed by atoms with Gasteiger partial charge in [0.25, 0.3) is 0 Å². The molecule has 6 nitrogen and oxygen atoms in total. The van der Waals surface area contributed by atoms with Crippen LogP contribution >= 0.6 is 0 Å². The van der Waals surface area contributed by atoms with E-state index in [2.05, 4.69) is 11.9 Å². The number of aromatic hydroxyl groups is 1. The number of amidine groups is 1. The fraction of sp³-hybridized carbons (Fsp3) is 0.222. The largest absolute Gasteiger partial charge is 0.503 e. The van der Waals surface area contributed by atoms with E-state index in [0.29, 0.717) is 17.7 Å². The maximum absolute atomic E-state index is 11.9. The summed E-state index contributed by atoms with van der Waals surface area (Å²) in [6.07, 6.45) is 5.38. The van der Waals surface area contributed by atoms with E-state index in [0.717, 1.165) is 31.1 Å². The smallest absolute Gasteiger partial charge is 0.224 e. The van der Waals surface area contributed by atoms with E-state index in [1.807, 2.05) is 24.3 Å². The summed E-state index contributed by atoms with van der Waals surface area (Å²) in [6, 6.07) is 7.53. The van der Waals surface area contributed by atoms with Gasteiger partial charge in [-0.05, 0) is 30.9 Å². The highest BCUT2D eigenvalue weighted by Gasteiger charge is 2.13. The summed E-state index contributed by atoms with van der Waals surface area (Å²) in [5.41, 5.74) is 7.52. The second kappa shape index (κ2) is 8.01. The van der Waals surface area contributed by atoms with Gasteiger partial charge in [-0.15, -0.1) is 0 Å². The summed E-state index contributed by atoms with van der Waals surface area (Å²) in [7, 11) is 0. The molecule has 0 aliphatic carbocycles. The summed E-state index contributed by atoms with van der Waals surface area (Å²) in [5, 5.41) is 19.6. The van der Waals surface area contributed by atoms with Gasteiger partial charge in [-0.3, -0.25) is 10.2 Å². The predicted molar refractivity (Wildman–Crippen MR) is 94.1 cm³/mol. The number of nitrogens with two attached hydrogens (primary N) is 1. The zero-order chi connectivity index (χ0) is 17.5. The number of carbonyl (C=O) groups excluding carboxylic acids is 1. The van der Waals surface area contributed by atoms with Crippen molar-refractivity contribution in [2.75, 3.05) is 5.32 Å². The molecule has 0 saturated heterocycles. The normalized spacial score (nSPS) is 10.3. The highest BCUT2D eigenvalue weighted by Crippen LogP contribution is 2.30. The summed E-state index contributed by atoms with van der Waals surface area (Å²) >= 11 is 0.